The summed E-state index contributed by atoms with van der Waals surface area (Å²) in [7, 11) is 0. The molecule has 0 saturated carbocycles. The smallest absolute Gasteiger partial charge is 0.315 e. The van der Waals surface area contributed by atoms with Crippen LogP contribution in [0.4, 0.5) is 4.79 Å². The average Bonchev–Trinajstić information content (AvgIpc) is 2.79. The van der Waals surface area contributed by atoms with E-state index < -0.39 is 0 Å². The number of morpholine rings is 1. The van der Waals surface area contributed by atoms with E-state index in [1.54, 1.807) is 18.2 Å². The Morgan fingerprint density at radius 2 is 1.91 bits per heavy atom. The molecule has 0 bridgehead atoms. The second-order valence-electron chi connectivity index (χ2n) is 8.37. The van der Waals surface area contributed by atoms with Crippen LogP contribution in [-0.2, 0) is 17.8 Å². The molecule has 9 heteroatoms. The first-order valence-electron chi connectivity index (χ1n) is 11.0. The average molecular weight is 493 g/mol. The van der Waals surface area contributed by atoms with Crippen LogP contribution in [0.2, 0.25) is 10.0 Å². The zero-order valence-electron chi connectivity index (χ0n) is 18.9. The number of urea groups is 1. The fourth-order valence-electron chi connectivity index (χ4n) is 3.56. The quantitative estimate of drug-likeness (QED) is 0.522. The molecular weight excluding hydrogens is 463 g/mol. The van der Waals surface area contributed by atoms with Gasteiger partial charge in [-0.15, -0.1) is 0 Å². The number of nitrogens with one attached hydrogen (secondary N) is 3. The van der Waals surface area contributed by atoms with Crippen LogP contribution in [0.3, 0.4) is 0 Å². The molecule has 1 fully saturated rings. The molecule has 1 aliphatic rings. The maximum absolute atomic E-state index is 12.3. The minimum absolute atomic E-state index is 0.0620. The van der Waals surface area contributed by atoms with Crippen LogP contribution in [0, 0.1) is 0 Å². The standard InChI is InChI=1S/C24H30Cl2N4O3/c1-16(2)29-23(31)19-5-3-4-17(10-19)12-27-24(32)28-13-20-15-30(8-9-33-20)14-18-6-7-21(25)22(26)11-18/h3-7,10-11,16,20H,8-9,12-15H2,1-2H3,(H,29,31)(H2,27,28,32)/t20-/m0/s1. The van der Waals surface area contributed by atoms with Crippen LogP contribution in [0.25, 0.3) is 0 Å². The predicted octanol–water partition coefficient (Wildman–Crippen LogP) is 3.83. The van der Waals surface area contributed by atoms with Crippen LogP contribution >= 0.6 is 23.2 Å². The highest BCUT2D eigenvalue weighted by Gasteiger charge is 2.21. The molecule has 2 aromatic carbocycles. The van der Waals surface area contributed by atoms with E-state index in [0.29, 0.717) is 41.8 Å². The largest absolute Gasteiger partial charge is 0.374 e. The predicted molar refractivity (Wildman–Crippen MR) is 131 cm³/mol. The number of hydrogen-bond acceptors (Lipinski definition) is 4. The van der Waals surface area contributed by atoms with Gasteiger partial charge in [-0.3, -0.25) is 9.69 Å². The summed E-state index contributed by atoms with van der Waals surface area (Å²) in [6, 6.07) is 12.6. The SMILES string of the molecule is CC(C)NC(=O)c1cccc(CNC(=O)NC[C@H]2CN(Cc3ccc(Cl)c(Cl)c3)CCO2)c1. The van der Waals surface area contributed by atoms with Crippen molar-refractivity contribution in [1.82, 2.24) is 20.9 Å². The molecule has 3 amide bonds. The highest BCUT2D eigenvalue weighted by atomic mass is 35.5. The Morgan fingerprint density at radius 1 is 1.09 bits per heavy atom. The molecule has 1 atom stereocenters. The summed E-state index contributed by atoms with van der Waals surface area (Å²) in [5.41, 5.74) is 2.50. The molecule has 0 aromatic heterocycles. The summed E-state index contributed by atoms with van der Waals surface area (Å²) in [4.78, 5) is 26.7. The van der Waals surface area contributed by atoms with Crippen molar-refractivity contribution in [1.29, 1.82) is 0 Å². The summed E-state index contributed by atoms with van der Waals surface area (Å²) in [5, 5.41) is 9.65. The normalized spacial score (nSPS) is 16.5. The first-order chi connectivity index (χ1) is 15.8. The van der Waals surface area contributed by atoms with Crippen molar-refractivity contribution in [2.24, 2.45) is 0 Å². The van der Waals surface area contributed by atoms with Crippen molar-refractivity contribution in [3.8, 4) is 0 Å². The van der Waals surface area contributed by atoms with Gasteiger partial charge in [-0.2, -0.15) is 0 Å². The second kappa shape index (κ2) is 12.2. The Bertz CT molecular complexity index is 970. The van der Waals surface area contributed by atoms with E-state index in [-0.39, 0.29) is 24.1 Å². The van der Waals surface area contributed by atoms with Crippen LogP contribution in [0.1, 0.15) is 35.3 Å². The number of benzene rings is 2. The number of ether oxygens (including phenoxy) is 1. The lowest BCUT2D eigenvalue weighted by Gasteiger charge is -2.33. The molecule has 0 aliphatic carbocycles. The van der Waals surface area contributed by atoms with Gasteiger partial charge in [-0.05, 0) is 49.2 Å². The van der Waals surface area contributed by atoms with Crippen LogP contribution in [0.5, 0.6) is 0 Å². The lowest BCUT2D eigenvalue weighted by atomic mass is 10.1. The minimum atomic E-state index is -0.280. The molecule has 3 rings (SSSR count). The van der Waals surface area contributed by atoms with Crippen LogP contribution in [0.15, 0.2) is 42.5 Å². The lowest BCUT2D eigenvalue weighted by Crippen LogP contribution is -2.48. The number of carbonyl (C=O) groups excluding carboxylic acids is 2. The van der Waals surface area contributed by atoms with Crippen molar-refractivity contribution in [2.45, 2.75) is 39.1 Å². The molecule has 178 valence electrons. The van der Waals surface area contributed by atoms with E-state index in [2.05, 4.69) is 20.9 Å². The van der Waals surface area contributed by atoms with E-state index in [0.717, 1.165) is 24.2 Å². The van der Waals surface area contributed by atoms with Gasteiger partial charge in [0.15, 0.2) is 0 Å². The van der Waals surface area contributed by atoms with Gasteiger partial charge < -0.3 is 20.7 Å². The fraction of sp³-hybridized carbons (Fsp3) is 0.417. The molecule has 0 unspecified atom stereocenters. The first kappa shape index (κ1) is 25.3. The molecule has 2 aromatic rings. The number of carbonyl (C=O) groups is 2. The Morgan fingerprint density at radius 3 is 2.67 bits per heavy atom. The Hall–Kier alpha value is -2.32. The topological polar surface area (TPSA) is 82.7 Å². The third-order valence-corrected chi connectivity index (χ3v) is 5.90. The highest BCUT2D eigenvalue weighted by Crippen LogP contribution is 2.23. The second-order valence-corrected chi connectivity index (χ2v) is 9.18. The summed E-state index contributed by atoms with van der Waals surface area (Å²) in [6.45, 7) is 7.40. The van der Waals surface area contributed by atoms with Gasteiger partial charge >= 0.3 is 6.03 Å². The fourth-order valence-corrected chi connectivity index (χ4v) is 3.88. The third-order valence-electron chi connectivity index (χ3n) is 5.17. The van der Waals surface area contributed by atoms with E-state index in [4.69, 9.17) is 27.9 Å². The monoisotopic (exact) mass is 492 g/mol. The molecule has 33 heavy (non-hydrogen) atoms. The van der Waals surface area contributed by atoms with E-state index in [9.17, 15) is 9.59 Å². The summed E-state index contributed by atoms with van der Waals surface area (Å²) in [6.07, 6.45) is -0.102. The highest BCUT2D eigenvalue weighted by molar-refractivity contribution is 6.42. The molecule has 1 saturated heterocycles. The van der Waals surface area contributed by atoms with Gasteiger partial charge in [0.25, 0.3) is 5.91 Å². The number of nitrogens with zero attached hydrogens (tertiary/aromatic N) is 1. The minimum Gasteiger partial charge on any atom is -0.374 e. The zero-order valence-corrected chi connectivity index (χ0v) is 20.4. The maximum atomic E-state index is 12.3. The Balaban J connectivity index is 1.42. The van der Waals surface area contributed by atoms with Gasteiger partial charge in [0.1, 0.15) is 0 Å². The summed E-state index contributed by atoms with van der Waals surface area (Å²) >= 11 is 12.1. The van der Waals surface area contributed by atoms with E-state index in [1.807, 2.05) is 38.1 Å². The zero-order chi connectivity index (χ0) is 23.8. The van der Waals surface area contributed by atoms with Gasteiger partial charge in [-0.1, -0.05) is 41.4 Å². The van der Waals surface area contributed by atoms with Gasteiger partial charge in [0.05, 0.1) is 22.8 Å². The third kappa shape index (κ3) is 8.19. The molecule has 0 spiro atoms. The van der Waals surface area contributed by atoms with Crippen molar-refractivity contribution < 1.29 is 14.3 Å². The summed E-state index contributed by atoms with van der Waals surface area (Å²) in [5.74, 6) is -0.129. The van der Waals surface area contributed by atoms with Crippen LogP contribution < -0.4 is 16.0 Å². The van der Waals surface area contributed by atoms with Gasteiger partial charge in [0, 0.05) is 44.3 Å². The van der Waals surface area contributed by atoms with Crippen LogP contribution in [-0.4, -0.2) is 55.2 Å². The van der Waals surface area contributed by atoms with E-state index in [1.165, 1.54) is 0 Å². The number of rotatable bonds is 8. The Kier molecular flexibility index (Phi) is 9.38. The molecule has 1 aliphatic heterocycles. The van der Waals surface area contributed by atoms with Gasteiger partial charge in [0.2, 0.25) is 0 Å². The first-order valence-corrected chi connectivity index (χ1v) is 11.7. The molecular formula is C24H30Cl2N4O3. The lowest BCUT2D eigenvalue weighted by molar-refractivity contribution is -0.0287. The molecule has 3 N–H and O–H groups in total. The Labute approximate surface area is 204 Å². The van der Waals surface area contributed by atoms with Crippen molar-refractivity contribution in [3.63, 3.8) is 0 Å². The number of amides is 3. The molecule has 1 heterocycles. The number of hydrogen-bond donors (Lipinski definition) is 3. The summed E-state index contributed by atoms with van der Waals surface area (Å²) < 4.78 is 5.80. The van der Waals surface area contributed by atoms with Gasteiger partial charge in [-0.25, -0.2) is 4.79 Å². The van der Waals surface area contributed by atoms with Crippen molar-refractivity contribution >= 4 is 35.1 Å². The van der Waals surface area contributed by atoms with Crippen molar-refractivity contribution in [2.75, 3.05) is 26.2 Å². The number of halogens is 2. The maximum Gasteiger partial charge on any atom is 0.315 e. The molecule has 7 nitrogen and oxygen atoms in total. The van der Waals surface area contributed by atoms with E-state index >= 15 is 0 Å². The van der Waals surface area contributed by atoms with Crippen molar-refractivity contribution in [3.05, 3.63) is 69.2 Å². The molecule has 0 radical (unpaired) electrons.